The van der Waals surface area contributed by atoms with E-state index in [0.29, 0.717) is 0 Å². The molecule has 2 heteroatoms. The van der Waals surface area contributed by atoms with E-state index in [1.54, 1.807) is 11.1 Å². The van der Waals surface area contributed by atoms with Crippen molar-refractivity contribution in [3.05, 3.63) is 162 Å². The van der Waals surface area contributed by atoms with E-state index in [9.17, 15) is 0 Å². The summed E-state index contributed by atoms with van der Waals surface area (Å²) in [4.78, 5) is 5.48. The van der Waals surface area contributed by atoms with Crippen molar-refractivity contribution in [1.82, 2.24) is 0 Å². The van der Waals surface area contributed by atoms with Crippen molar-refractivity contribution in [3.8, 4) is 22.3 Å². The summed E-state index contributed by atoms with van der Waals surface area (Å²) in [5.74, 6) is 3.27. The molecule has 1 aliphatic heterocycles. The lowest BCUT2D eigenvalue weighted by molar-refractivity contribution is -0.0443. The summed E-state index contributed by atoms with van der Waals surface area (Å²) in [6.07, 6.45) is 9.45. The van der Waals surface area contributed by atoms with E-state index in [-0.39, 0.29) is 16.2 Å². The number of anilines is 3. The second kappa shape index (κ2) is 12.7. The van der Waals surface area contributed by atoms with E-state index >= 15 is 0 Å². The van der Waals surface area contributed by atoms with E-state index in [1.807, 2.05) is 11.8 Å². The first kappa shape index (κ1) is 34.7. The topological polar surface area (TPSA) is 3.24 Å². The molecule has 0 amide bonds. The van der Waals surface area contributed by atoms with Gasteiger partial charge in [0, 0.05) is 32.3 Å². The van der Waals surface area contributed by atoms with Gasteiger partial charge in [-0.2, -0.15) is 0 Å². The number of fused-ring (bicyclic) bond motifs is 3. The van der Waals surface area contributed by atoms with Crippen LogP contribution in [0.3, 0.4) is 0 Å². The van der Waals surface area contributed by atoms with Crippen molar-refractivity contribution in [3.63, 3.8) is 0 Å². The summed E-state index contributed by atoms with van der Waals surface area (Å²) < 4.78 is 0. The lowest BCUT2D eigenvalue weighted by Crippen LogP contribution is -2.57. The predicted octanol–water partition coefficient (Wildman–Crippen LogP) is 15.0. The zero-order valence-corrected chi connectivity index (χ0v) is 34.2. The van der Waals surface area contributed by atoms with Crippen LogP contribution in [-0.4, -0.2) is 0 Å². The molecule has 0 saturated heterocycles. The molecule has 5 aliphatic carbocycles. The molecule has 6 aromatic rings. The second-order valence-electron chi connectivity index (χ2n) is 19.3. The van der Waals surface area contributed by atoms with Crippen molar-refractivity contribution in [1.29, 1.82) is 0 Å². The normalized spacial score (nSPS) is 26.0. The van der Waals surface area contributed by atoms with Crippen LogP contribution in [0.5, 0.6) is 0 Å². The summed E-state index contributed by atoms with van der Waals surface area (Å²) >= 11 is 2.03. The molecule has 1 heterocycles. The zero-order valence-electron chi connectivity index (χ0n) is 33.4. The van der Waals surface area contributed by atoms with Gasteiger partial charge in [0.1, 0.15) is 0 Å². The molecule has 280 valence electrons. The molecule has 56 heavy (non-hydrogen) atoms. The average molecular weight is 748 g/mol. The van der Waals surface area contributed by atoms with Crippen LogP contribution in [-0.2, 0) is 16.2 Å². The van der Waals surface area contributed by atoms with Crippen LogP contribution in [0.25, 0.3) is 22.3 Å². The third-order valence-corrected chi connectivity index (χ3v) is 16.3. The number of nitrogens with zero attached hydrogens (tertiary/aromatic N) is 1. The highest BCUT2D eigenvalue weighted by Gasteiger charge is 2.60. The summed E-state index contributed by atoms with van der Waals surface area (Å²) in [6, 6.07) is 53.6. The second-order valence-corrected chi connectivity index (χ2v) is 20.4. The van der Waals surface area contributed by atoms with Crippen molar-refractivity contribution in [2.45, 2.75) is 98.7 Å². The first-order valence-corrected chi connectivity index (χ1v) is 22.1. The molecule has 0 N–H and O–H groups in total. The summed E-state index contributed by atoms with van der Waals surface area (Å²) in [7, 11) is 0. The van der Waals surface area contributed by atoms with Crippen molar-refractivity contribution >= 4 is 28.8 Å². The highest BCUT2D eigenvalue weighted by Crippen LogP contribution is 2.69. The Labute approximate surface area is 338 Å². The monoisotopic (exact) mass is 747 g/mol. The molecule has 4 bridgehead atoms. The fourth-order valence-corrected chi connectivity index (χ4v) is 13.8. The minimum absolute atomic E-state index is 0.0979. The van der Waals surface area contributed by atoms with Gasteiger partial charge in [0.25, 0.3) is 0 Å². The number of benzene rings is 6. The summed E-state index contributed by atoms with van der Waals surface area (Å²) in [5.41, 5.74) is 15.5. The van der Waals surface area contributed by atoms with Gasteiger partial charge in [0.2, 0.25) is 0 Å². The van der Waals surface area contributed by atoms with Gasteiger partial charge in [0.05, 0.1) is 0 Å². The first-order valence-electron chi connectivity index (χ1n) is 21.3. The van der Waals surface area contributed by atoms with E-state index in [0.717, 1.165) is 23.7 Å². The average Bonchev–Trinajstić information content (AvgIpc) is 3.21. The molecule has 1 spiro atoms. The Morgan fingerprint density at radius 2 is 0.893 bits per heavy atom. The number of hydrogen-bond acceptors (Lipinski definition) is 2. The molecule has 0 aromatic heterocycles. The van der Waals surface area contributed by atoms with Gasteiger partial charge in [-0.15, -0.1) is 0 Å². The van der Waals surface area contributed by atoms with Crippen molar-refractivity contribution < 1.29 is 0 Å². The standard InChI is InChI=1S/C54H53NS/c1-52(2)25-26-53(3,4)49-33-44(20-23-46(49)52)55(43-18-15-39(16-19-43)37-11-7-5-8-12-37)45-21-24-48-51(34-45)56-50-32-40(38-13-9-6-10-14-38)17-22-47(50)54(48)41-28-35-27-36(30-41)31-42(54)29-35/h5-24,32-36,41-42H,25-31H2,1-4H3. The van der Waals surface area contributed by atoms with Crippen molar-refractivity contribution in [2.75, 3.05) is 4.90 Å². The van der Waals surface area contributed by atoms with Crippen LogP contribution in [0.2, 0.25) is 0 Å². The minimum Gasteiger partial charge on any atom is -0.310 e. The fourth-order valence-electron chi connectivity index (χ4n) is 12.5. The van der Waals surface area contributed by atoms with Gasteiger partial charge in [-0.3, -0.25) is 0 Å². The lowest BCUT2D eigenvalue weighted by Gasteiger charge is -2.63. The summed E-state index contributed by atoms with van der Waals surface area (Å²) in [6.45, 7) is 9.76. The Kier molecular flexibility index (Phi) is 7.89. The quantitative estimate of drug-likeness (QED) is 0.173. The molecular formula is C54H53NS. The van der Waals surface area contributed by atoms with E-state index in [1.165, 1.54) is 105 Å². The maximum Gasteiger partial charge on any atom is 0.0473 e. The maximum absolute atomic E-state index is 2.59. The van der Waals surface area contributed by atoms with Gasteiger partial charge >= 0.3 is 0 Å². The van der Waals surface area contributed by atoms with Crippen LogP contribution in [0.15, 0.2) is 149 Å². The van der Waals surface area contributed by atoms with Crippen LogP contribution < -0.4 is 4.90 Å². The molecule has 12 rings (SSSR count). The first-order chi connectivity index (χ1) is 27.2. The Hall–Kier alpha value is -4.53. The predicted molar refractivity (Wildman–Crippen MR) is 236 cm³/mol. The maximum atomic E-state index is 2.59. The highest BCUT2D eigenvalue weighted by molar-refractivity contribution is 7.99. The minimum atomic E-state index is 0.0979. The van der Waals surface area contributed by atoms with Gasteiger partial charge in [0.15, 0.2) is 0 Å². The van der Waals surface area contributed by atoms with Gasteiger partial charge in [-0.1, -0.05) is 137 Å². The highest BCUT2D eigenvalue weighted by atomic mass is 32.2. The number of rotatable bonds is 5. The molecular weight excluding hydrogens is 695 g/mol. The molecule has 0 radical (unpaired) electrons. The van der Waals surface area contributed by atoms with Gasteiger partial charge < -0.3 is 4.90 Å². The van der Waals surface area contributed by atoms with Crippen LogP contribution in [0.4, 0.5) is 17.1 Å². The third kappa shape index (κ3) is 5.34. The Morgan fingerprint density at radius 1 is 0.429 bits per heavy atom. The molecule has 0 unspecified atom stereocenters. The molecule has 6 aromatic carbocycles. The Bertz CT molecular complexity index is 2430. The molecule has 1 nitrogen and oxygen atoms in total. The van der Waals surface area contributed by atoms with E-state index < -0.39 is 0 Å². The Morgan fingerprint density at radius 3 is 1.52 bits per heavy atom. The molecule has 4 fully saturated rings. The SMILES string of the molecule is CC1(C)CCC(C)(C)c2cc(N(c3ccc(-c4ccccc4)cc3)c3ccc4c(c3)Sc3cc(-c5ccccc5)ccc3C43C4CC5CC(C4)CC3C5)ccc21. The van der Waals surface area contributed by atoms with Crippen LogP contribution in [0, 0.1) is 23.7 Å². The van der Waals surface area contributed by atoms with E-state index in [4.69, 9.17) is 0 Å². The third-order valence-electron chi connectivity index (χ3n) is 15.2. The van der Waals surface area contributed by atoms with Gasteiger partial charge in [-0.25, -0.2) is 0 Å². The Balaban J connectivity index is 1.09. The molecule has 4 saturated carbocycles. The lowest BCUT2D eigenvalue weighted by atomic mass is 9.42. The zero-order chi connectivity index (χ0) is 37.8. The molecule has 0 atom stereocenters. The molecule has 6 aliphatic rings. The van der Waals surface area contributed by atoms with Crippen molar-refractivity contribution in [2.24, 2.45) is 23.7 Å². The van der Waals surface area contributed by atoms with Crippen LogP contribution >= 0.6 is 11.8 Å². The van der Waals surface area contributed by atoms with Crippen LogP contribution in [0.1, 0.15) is 94.9 Å². The summed E-state index contributed by atoms with van der Waals surface area (Å²) in [5, 5.41) is 0. The largest absolute Gasteiger partial charge is 0.310 e. The van der Waals surface area contributed by atoms with E-state index in [2.05, 4.69) is 172 Å². The number of hydrogen-bond donors (Lipinski definition) is 0. The van der Waals surface area contributed by atoms with Gasteiger partial charge in [-0.05, 0) is 166 Å². The smallest absolute Gasteiger partial charge is 0.0473 e. The fraction of sp³-hybridized carbons (Fsp3) is 0.333.